The highest BCUT2D eigenvalue weighted by atomic mass is 19.1. The molecule has 1 N–H and O–H groups in total. The molecule has 16 heavy (non-hydrogen) atoms. The normalized spacial score (nSPS) is 10.3. The van der Waals surface area contributed by atoms with E-state index in [9.17, 15) is 4.39 Å². The molecule has 0 atom stereocenters. The lowest BCUT2D eigenvalue weighted by molar-refractivity contribution is 0.334. The Morgan fingerprint density at radius 1 is 1.25 bits per heavy atom. The van der Waals surface area contributed by atoms with Crippen LogP contribution in [0.4, 0.5) is 4.39 Å². The molecule has 0 heterocycles. The number of hydrogen-bond acceptors (Lipinski definition) is 3. The molecule has 0 unspecified atom stereocenters. The molecular formula is C12H18FNO2. The maximum Gasteiger partial charge on any atom is 0.197 e. The van der Waals surface area contributed by atoms with Gasteiger partial charge >= 0.3 is 0 Å². The third-order valence-electron chi connectivity index (χ3n) is 2.55. The fourth-order valence-corrected chi connectivity index (χ4v) is 1.73. The van der Waals surface area contributed by atoms with E-state index in [1.54, 1.807) is 0 Å². The molecule has 0 aliphatic rings. The van der Waals surface area contributed by atoms with Crippen LogP contribution in [0.5, 0.6) is 11.5 Å². The zero-order chi connectivity index (χ0) is 12.1. The van der Waals surface area contributed by atoms with Crippen molar-refractivity contribution in [2.45, 2.75) is 13.3 Å². The van der Waals surface area contributed by atoms with Gasteiger partial charge in [-0.3, -0.25) is 0 Å². The fraction of sp³-hybridized carbons (Fsp3) is 0.500. The van der Waals surface area contributed by atoms with E-state index in [-0.39, 0.29) is 11.6 Å². The molecule has 0 radical (unpaired) electrons. The van der Waals surface area contributed by atoms with E-state index in [1.807, 2.05) is 14.0 Å². The minimum atomic E-state index is -0.384. The second-order valence-corrected chi connectivity index (χ2v) is 3.57. The number of aryl methyl sites for hydroxylation is 1. The lowest BCUT2D eigenvalue weighted by Crippen LogP contribution is -2.12. The summed E-state index contributed by atoms with van der Waals surface area (Å²) in [5.74, 6) is 0.291. The number of nitrogens with one attached hydrogen (secondary N) is 1. The van der Waals surface area contributed by atoms with E-state index in [1.165, 1.54) is 20.3 Å². The van der Waals surface area contributed by atoms with E-state index >= 15 is 0 Å². The molecule has 0 saturated carbocycles. The summed E-state index contributed by atoms with van der Waals surface area (Å²) in [4.78, 5) is 0. The highest BCUT2D eigenvalue weighted by molar-refractivity contribution is 5.51. The van der Waals surface area contributed by atoms with Gasteiger partial charge in [0.05, 0.1) is 14.2 Å². The molecule has 0 bridgehead atoms. The van der Waals surface area contributed by atoms with Crippen LogP contribution < -0.4 is 14.8 Å². The largest absolute Gasteiger partial charge is 0.492 e. The summed E-state index contributed by atoms with van der Waals surface area (Å²) in [6.45, 7) is 2.68. The van der Waals surface area contributed by atoms with E-state index in [4.69, 9.17) is 9.47 Å². The van der Waals surface area contributed by atoms with Gasteiger partial charge in [-0.15, -0.1) is 0 Å². The number of rotatable bonds is 5. The molecule has 4 heteroatoms. The highest BCUT2D eigenvalue weighted by Gasteiger charge is 2.17. The zero-order valence-electron chi connectivity index (χ0n) is 10.2. The van der Waals surface area contributed by atoms with Crippen LogP contribution in [0.2, 0.25) is 0 Å². The lowest BCUT2D eigenvalue weighted by atomic mass is 10.0. The van der Waals surface area contributed by atoms with E-state index in [2.05, 4.69) is 5.32 Å². The number of benzene rings is 1. The maximum atomic E-state index is 13.6. The average molecular weight is 227 g/mol. The van der Waals surface area contributed by atoms with E-state index < -0.39 is 0 Å². The number of methoxy groups -OCH3 is 2. The predicted molar refractivity (Wildman–Crippen MR) is 61.9 cm³/mol. The van der Waals surface area contributed by atoms with Gasteiger partial charge in [-0.2, -0.15) is 0 Å². The summed E-state index contributed by atoms with van der Waals surface area (Å²) in [7, 11) is 4.85. The van der Waals surface area contributed by atoms with Gasteiger partial charge in [-0.25, -0.2) is 4.39 Å². The summed E-state index contributed by atoms with van der Waals surface area (Å²) in [6, 6.07) is 1.48. The van der Waals surface area contributed by atoms with Crippen LogP contribution in [0, 0.1) is 12.7 Å². The van der Waals surface area contributed by atoms with Gasteiger partial charge in [0.15, 0.2) is 17.3 Å². The summed E-state index contributed by atoms with van der Waals surface area (Å²) in [6.07, 6.45) is 0.780. The molecule has 0 aliphatic carbocycles. The topological polar surface area (TPSA) is 30.5 Å². The Morgan fingerprint density at radius 2 is 1.88 bits per heavy atom. The second-order valence-electron chi connectivity index (χ2n) is 3.57. The first-order valence-electron chi connectivity index (χ1n) is 5.20. The minimum Gasteiger partial charge on any atom is -0.492 e. The molecule has 90 valence electrons. The molecular weight excluding hydrogens is 209 g/mol. The van der Waals surface area contributed by atoms with Crippen LogP contribution in [-0.4, -0.2) is 27.8 Å². The molecule has 0 amide bonds. The van der Waals surface area contributed by atoms with Crippen molar-refractivity contribution in [2.24, 2.45) is 0 Å². The van der Waals surface area contributed by atoms with Gasteiger partial charge in [-0.1, -0.05) is 0 Å². The Bertz CT molecular complexity index is 367. The van der Waals surface area contributed by atoms with Crippen molar-refractivity contribution in [1.29, 1.82) is 0 Å². The Kier molecular flexibility index (Phi) is 4.55. The van der Waals surface area contributed by atoms with E-state index in [0.29, 0.717) is 5.75 Å². The molecule has 0 aliphatic heterocycles. The Morgan fingerprint density at radius 3 is 2.38 bits per heavy atom. The van der Waals surface area contributed by atoms with Crippen LogP contribution in [0.3, 0.4) is 0 Å². The SMILES string of the molecule is CNCCc1c(C)cc(F)c(OC)c1OC. The number of likely N-dealkylation sites (N-methyl/N-ethyl adjacent to an activating group) is 1. The van der Waals surface area contributed by atoms with Gasteiger partial charge in [0.25, 0.3) is 0 Å². The van der Waals surface area contributed by atoms with Crippen molar-refractivity contribution < 1.29 is 13.9 Å². The van der Waals surface area contributed by atoms with Crippen LogP contribution in [0.1, 0.15) is 11.1 Å². The van der Waals surface area contributed by atoms with Crippen molar-refractivity contribution >= 4 is 0 Å². The molecule has 1 aromatic carbocycles. The Balaban J connectivity index is 3.22. The summed E-state index contributed by atoms with van der Waals surface area (Å²) >= 11 is 0. The molecule has 3 nitrogen and oxygen atoms in total. The minimum absolute atomic E-state index is 0.180. The predicted octanol–water partition coefficient (Wildman–Crippen LogP) is 1.91. The molecule has 0 fully saturated rings. The van der Waals surface area contributed by atoms with Crippen LogP contribution in [-0.2, 0) is 6.42 Å². The average Bonchev–Trinajstić information content (AvgIpc) is 2.27. The van der Waals surface area contributed by atoms with Gasteiger partial charge in [0.1, 0.15) is 0 Å². The van der Waals surface area contributed by atoms with E-state index in [0.717, 1.165) is 24.1 Å². The third kappa shape index (κ3) is 2.44. The van der Waals surface area contributed by atoms with Crippen molar-refractivity contribution in [3.05, 3.63) is 23.0 Å². The molecule has 0 aromatic heterocycles. The maximum absolute atomic E-state index is 13.6. The number of ether oxygens (including phenoxy) is 2. The molecule has 0 spiro atoms. The first-order chi connectivity index (χ1) is 7.65. The van der Waals surface area contributed by atoms with Gasteiger partial charge < -0.3 is 14.8 Å². The summed E-state index contributed by atoms with van der Waals surface area (Å²) in [5.41, 5.74) is 1.86. The Hall–Kier alpha value is -1.29. The van der Waals surface area contributed by atoms with Crippen molar-refractivity contribution in [2.75, 3.05) is 27.8 Å². The Labute approximate surface area is 95.6 Å². The van der Waals surface area contributed by atoms with Crippen molar-refractivity contribution in [3.8, 4) is 11.5 Å². The summed E-state index contributed by atoms with van der Waals surface area (Å²) in [5, 5.41) is 3.06. The van der Waals surface area contributed by atoms with Crippen LogP contribution in [0.25, 0.3) is 0 Å². The molecule has 0 saturated heterocycles. The number of hydrogen-bond donors (Lipinski definition) is 1. The van der Waals surface area contributed by atoms with Crippen LogP contribution in [0.15, 0.2) is 6.07 Å². The second kappa shape index (κ2) is 5.70. The molecule has 1 rings (SSSR count). The zero-order valence-corrected chi connectivity index (χ0v) is 10.2. The van der Waals surface area contributed by atoms with Crippen molar-refractivity contribution in [1.82, 2.24) is 5.32 Å². The van der Waals surface area contributed by atoms with Gasteiger partial charge in [0.2, 0.25) is 0 Å². The quantitative estimate of drug-likeness (QED) is 0.833. The standard InChI is InChI=1S/C12H18FNO2/c1-8-7-10(13)12(16-4)11(15-3)9(8)5-6-14-2/h7,14H,5-6H2,1-4H3. The van der Waals surface area contributed by atoms with Crippen molar-refractivity contribution in [3.63, 3.8) is 0 Å². The van der Waals surface area contributed by atoms with Crippen LogP contribution >= 0.6 is 0 Å². The first-order valence-corrected chi connectivity index (χ1v) is 5.20. The molecule has 1 aromatic rings. The summed E-state index contributed by atoms with van der Waals surface area (Å²) < 4.78 is 23.8. The van der Waals surface area contributed by atoms with Gasteiger partial charge in [-0.05, 0) is 38.6 Å². The lowest BCUT2D eigenvalue weighted by Gasteiger charge is -2.15. The smallest absolute Gasteiger partial charge is 0.197 e. The number of halogens is 1. The first kappa shape index (κ1) is 12.8. The monoisotopic (exact) mass is 227 g/mol. The third-order valence-corrected chi connectivity index (χ3v) is 2.55. The van der Waals surface area contributed by atoms with Gasteiger partial charge in [0, 0.05) is 5.56 Å². The fourth-order valence-electron chi connectivity index (χ4n) is 1.73. The highest BCUT2D eigenvalue weighted by Crippen LogP contribution is 2.36.